The van der Waals surface area contributed by atoms with Gasteiger partial charge in [-0.1, -0.05) is 12.1 Å². The van der Waals surface area contributed by atoms with Crippen molar-refractivity contribution < 1.29 is 14.7 Å². The minimum Gasteiger partial charge on any atom is -0.478 e. The molecule has 20 heavy (non-hydrogen) atoms. The van der Waals surface area contributed by atoms with Crippen molar-refractivity contribution in [2.75, 3.05) is 32.5 Å². The molecule has 0 bridgehead atoms. The van der Waals surface area contributed by atoms with E-state index in [0.29, 0.717) is 12.2 Å². The third-order valence-electron chi connectivity index (χ3n) is 2.62. The van der Waals surface area contributed by atoms with Gasteiger partial charge in [-0.15, -0.1) is 0 Å². The zero-order valence-electron chi connectivity index (χ0n) is 11.6. The minimum atomic E-state index is -0.992. The van der Waals surface area contributed by atoms with E-state index in [1.54, 1.807) is 36.2 Å². The first kappa shape index (κ1) is 15.7. The summed E-state index contributed by atoms with van der Waals surface area (Å²) in [7, 11) is 3.55. The van der Waals surface area contributed by atoms with Crippen LogP contribution >= 0.6 is 0 Å². The summed E-state index contributed by atoms with van der Waals surface area (Å²) in [6.07, 6.45) is 2.56. The van der Waals surface area contributed by atoms with Crippen LogP contribution in [0.15, 0.2) is 30.3 Å². The zero-order valence-corrected chi connectivity index (χ0v) is 11.6. The number of likely N-dealkylation sites (N-methyl/N-ethyl adjacent to an activating group) is 2. The number of nitrogens with zero attached hydrogens (tertiary/aromatic N) is 1. The van der Waals surface area contributed by atoms with Crippen molar-refractivity contribution in [1.82, 2.24) is 10.2 Å². The summed E-state index contributed by atoms with van der Waals surface area (Å²) in [5, 5.41) is 14.3. The van der Waals surface area contributed by atoms with Crippen molar-refractivity contribution in [2.24, 2.45) is 0 Å². The van der Waals surface area contributed by atoms with Gasteiger partial charge in [0.15, 0.2) is 0 Å². The molecule has 0 aromatic heterocycles. The second kappa shape index (κ2) is 7.96. The highest BCUT2D eigenvalue weighted by Crippen LogP contribution is 2.11. The van der Waals surface area contributed by atoms with E-state index in [1.807, 2.05) is 7.05 Å². The Morgan fingerprint density at radius 3 is 2.50 bits per heavy atom. The quantitative estimate of drug-likeness (QED) is 0.688. The zero-order chi connectivity index (χ0) is 15.0. The molecule has 0 saturated heterocycles. The van der Waals surface area contributed by atoms with E-state index in [2.05, 4.69) is 10.6 Å². The normalized spacial score (nSPS) is 10.5. The molecule has 2 amide bonds. The van der Waals surface area contributed by atoms with Crippen LogP contribution in [-0.2, 0) is 4.79 Å². The lowest BCUT2D eigenvalue weighted by molar-refractivity contribution is -0.131. The molecule has 6 heteroatoms. The Morgan fingerprint density at radius 1 is 1.30 bits per heavy atom. The molecule has 0 spiro atoms. The maximum atomic E-state index is 11.8. The molecule has 0 saturated carbocycles. The van der Waals surface area contributed by atoms with Gasteiger partial charge >= 0.3 is 12.0 Å². The second-order valence-electron chi connectivity index (χ2n) is 4.25. The lowest BCUT2D eigenvalue weighted by Gasteiger charge is -2.17. The van der Waals surface area contributed by atoms with Crippen molar-refractivity contribution >= 4 is 23.8 Å². The van der Waals surface area contributed by atoms with E-state index in [0.717, 1.165) is 18.2 Å². The van der Waals surface area contributed by atoms with Gasteiger partial charge < -0.3 is 20.6 Å². The average molecular weight is 277 g/mol. The van der Waals surface area contributed by atoms with Gasteiger partial charge in [0.25, 0.3) is 0 Å². The maximum absolute atomic E-state index is 11.8. The van der Waals surface area contributed by atoms with E-state index >= 15 is 0 Å². The number of nitrogens with one attached hydrogen (secondary N) is 2. The first-order valence-electron chi connectivity index (χ1n) is 6.20. The number of benzene rings is 1. The molecule has 6 nitrogen and oxygen atoms in total. The average Bonchev–Trinajstić information content (AvgIpc) is 2.43. The van der Waals surface area contributed by atoms with Gasteiger partial charge in [0.05, 0.1) is 0 Å². The van der Waals surface area contributed by atoms with Crippen LogP contribution in [0.2, 0.25) is 0 Å². The lowest BCUT2D eigenvalue weighted by Crippen LogP contribution is -2.35. The standard InChI is InChI=1S/C14H19N3O3/c1-15-9-10-17(2)14(20)16-12-6-3-11(4-7-12)5-8-13(18)19/h3-8,15H,9-10H2,1-2H3,(H,16,20)(H,18,19). The number of hydrogen-bond donors (Lipinski definition) is 3. The Hall–Kier alpha value is -2.34. The summed E-state index contributed by atoms with van der Waals surface area (Å²) < 4.78 is 0. The topological polar surface area (TPSA) is 81.7 Å². The van der Waals surface area contributed by atoms with Crippen molar-refractivity contribution in [1.29, 1.82) is 0 Å². The fraction of sp³-hybridized carbons (Fsp3) is 0.286. The third-order valence-corrected chi connectivity index (χ3v) is 2.62. The van der Waals surface area contributed by atoms with Gasteiger partial charge in [-0.2, -0.15) is 0 Å². The highest BCUT2D eigenvalue weighted by atomic mass is 16.4. The predicted octanol–water partition coefficient (Wildman–Crippen LogP) is 1.47. The number of hydrogen-bond acceptors (Lipinski definition) is 3. The van der Waals surface area contributed by atoms with Crippen LogP contribution in [0, 0.1) is 0 Å². The maximum Gasteiger partial charge on any atom is 0.328 e. The Labute approximate surface area is 118 Å². The summed E-state index contributed by atoms with van der Waals surface area (Å²) >= 11 is 0. The van der Waals surface area contributed by atoms with Crippen LogP contribution in [0.25, 0.3) is 6.08 Å². The molecule has 0 aliphatic rings. The van der Waals surface area contributed by atoms with Crippen molar-refractivity contribution in [2.45, 2.75) is 0 Å². The van der Waals surface area contributed by atoms with Crippen LogP contribution in [0.4, 0.5) is 10.5 Å². The van der Waals surface area contributed by atoms with Gasteiger partial charge in [0, 0.05) is 31.9 Å². The van der Waals surface area contributed by atoms with Gasteiger partial charge in [-0.25, -0.2) is 9.59 Å². The Morgan fingerprint density at radius 2 is 1.95 bits per heavy atom. The van der Waals surface area contributed by atoms with E-state index < -0.39 is 5.97 Å². The van der Waals surface area contributed by atoms with Crippen LogP contribution in [0.5, 0.6) is 0 Å². The third kappa shape index (κ3) is 5.53. The molecule has 3 N–H and O–H groups in total. The van der Waals surface area contributed by atoms with Crippen LogP contribution in [-0.4, -0.2) is 49.2 Å². The van der Waals surface area contributed by atoms with Crippen LogP contribution in [0.3, 0.4) is 0 Å². The summed E-state index contributed by atoms with van der Waals surface area (Å²) in [5.41, 5.74) is 1.42. The van der Waals surface area contributed by atoms with Gasteiger partial charge in [-0.05, 0) is 30.8 Å². The summed E-state index contributed by atoms with van der Waals surface area (Å²) in [5.74, 6) is -0.992. The van der Waals surface area contributed by atoms with Gasteiger partial charge in [-0.3, -0.25) is 0 Å². The number of rotatable bonds is 6. The molecule has 0 radical (unpaired) electrons. The Bertz CT molecular complexity index is 483. The molecule has 1 aromatic carbocycles. The van der Waals surface area contributed by atoms with Crippen molar-refractivity contribution in [3.63, 3.8) is 0 Å². The Balaban J connectivity index is 2.56. The smallest absolute Gasteiger partial charge is 0.328 e. The number of urea groups is 1. The molecule has 0 aliphatic heterocycles. The van der Waals surface area contributed by atoms with Crippen molar-refractivity contribution in [3.05, 3.63) is 35.9 Å². The summed E-state index contributed by atoms with van der Waals surface area (Å²) in [6.45, 7) is 1.34. The highest BCUT2D eigenvalue weighted by Gasteiger charge is 2.07. The fourth-order valence-electron chi connectivity index (χ4n) is 1.45. The van der Waals surface area contributed by atoms with Crippen LogP contribution in [0.1, 0.15) is 5.56 Å². The number of carboxylic acid groups (broad SMARTS) is 1. The molecule has 108 valence electrons. The van der Waals surface area contributed by atoms with Crippen molar-refractivity contribution in [3.8, 4) is 0 Å². The number of aliphatic carboxylic acids is 1. The largest absolute Gasteiger partial charge is 0.478 e. The molecule has 0 atom stereocenters. The molecular formula is C14H19N3O3. The summed E-state index contributed by atoms with van der Waals surface area (Å²) in [4.78, 5) is 23.8. The molecular weight excluding hydrogens is 258 g/mol. The molecule has 0 unspecified atom stereocenters. The number of carboxylic acids is 1. The monoisotopic (exact) mass is 277 g/mol. The van der Waals surface area contributed by atoms with Gasteiger partial charge in [0.1, 0.15) is 0 Å². The molecule has 1 aromatic rings. The Kier molecular flexibility index (Phi) is 6.25. The fourth-order valence-corrected chi connectivity index (χ4v) is 1.45. The predicted molar refractivity (Wildman–Crippen MR) is 78.7 cm³/mol. The highest BCUT2D eigenvalue weighted by molar-refractivity contribution is 5.89. The number of amides is 2. The van der Waals surface area contributed by atoms with Gasteiger partial charge in [0.2, 0.25) is 0 Å². The molecule has 0 heterocycles. The van der Waals surface area contributed by atoms with Crippen LogP contribution < -0.4 is 10.6 Å². The molecule has 0 fully saturated rings. The first-order valence-corrected chi connectivity index (χ1v) is 6.20. The second-order valence-corrected chi connectivity index (χ2v) is 4.25. The van der Waals surface area contributed by atoms with E-state index in [1.165, 1.54) is 6.08 Å². The van der Waals surface area contributed by atoms with E-state index in [9.17, 15) is 9.59 Å². The molecule has 0 aliphatic carbocycles. The number of carbonyl (C=O) groups excluding carboxylic acids is 1. The minimum absolute atomic E-state index is 0.186. The van der Waals surface area contributed by atoms with E-state index in [4.69, 9.17) is 5.11 Å². The first-order chi connectivity index (χ1) is 9.52. The summed E-state index contributed by atoms with van der Waals surface area (Å²) in [6, 6.07) is 6.75. The number of anilines is 1. The molecule has 1 rings (SSSR count). The SMILES string of the molecule is CNCCN(C)C(=O)Nc1ccc(C=CC(=O)O)cc1. The lowest BCUT2D eigenvalue weighted by atomic mass is 10.2. The number of carbonyl (C=O) groups is 2. The van der Waals surface area contributed by atoms with E-state index in [-0.39, 0.29) is 6.03 Å².